The molecule has 1 spiro atoms. The third kappa shape index (κ3) is 3.77. The van der Waals surface area contributed by atoms with Crippen molar-refractivity contribution in [3.63, 3.8) is 0 Å². The molecule has 0 saturated carbocycles. The van der Waals surface area contributed by atoms with Gasteiger partial charge in [0, 0.05) is 32.4 Å². The Kier molecular flexibility index (Phi) is 5.62. The van der Waals surface area contributed by atoms with Gasteiger partial charge in [0.25, 0.3) is 5.91 Å². The normalized spacial score (nSPS) is 19.3. The molecule has 152 valence electrons. The second-order valence-corrected chi connectivity index (χ2v) is 7.85. The molecule has 6 heteroatoms. The lowest BCUT2D eigenvalue weighted by molar-refractivity contribution is -0.136. The number of hydrogen-bond donors (Lipinski definition) is 0. The first-order chi connectivity index (χ1) is 14.1. The number of aromatic nitrogens is 1. The van der Waals surface area contributed by atoms with E-state index in [1.807, 2.05) is 31.2 Å². The van der Waals surface area contributed by atoms with Crippen LogP contribution in [0.25, 0.3) is 0 Å². The Hall–Kier alpha value is -2.73. The average Bonchev–Trinajstić information content (AvgIpc) is 2.95. The number of rotatable bonds is 6. The SMILES string of the molecule is CCN1C(=O)N(Cc2ccccn2)C(=O)C12CCN(CCc1ccccc1)CC2. The Morgan fingerprint density at radius 1 is 1.00 bits per heavy atom. The van der Waals surface area contributed by atoms with Gasteiger partial charge in [0.1, 0.15) is 5.54 Å². The summed E-state index contributed by atoms with van der Waals surface area (Å²) in [5.41, 5.74) is 1.38. The van der Waals surface area contributed by atoms with Gasteiger partial charge in [0.05, 0.1) is 12.2 Å². The standard InChI is InChI=1S/C23H28N4O2/c1-2-27-22(29)26(18-20-10-6-7-14-24-20)21(28)23(27)12-16-25(17-13-23)15-11-19-8-4-3-5-9-19/h3-10,14H,2,11-13,15-18H2,1H3. The highest BCUT2D eigenvalue weighted by Crippen LogP contribution is 2.37. The van der Waals surface area contributed by atoms with Crippen molar-refractivity contribution >= 4 is 11.9 Å². The Balaban J connectivity index is 1.43. The molecule has 3 heterocycles. The van der Waals surface area contributed by atoms with Crippen LogP contribution < -0.4 is 0 Å². The smallest absolute Gasteiger partial charge is 0.310 e. The summed E-state index contributed by atoms with van der Waals surface area (Å²) in [6.45, 7) is 5.40. The molecule has 2 aliphatic rings. The molecule has 0 atom stereocenters. The first kappa shape index (κ1) is 19.6. The van der Waals surface area contributed by atoms with Crippen molar-refractivity contribution in [1.82, 2.24) is 19.7 Å². The van der Waals surface area contributed by atoms with Crippen LogP contribution in [0.4, 0.5) is 4.79 Å². The molecule has 1 aromatic heterocycles. The van der Waals surface area contributed by atoms with Gasteiger partial charge in [-0.1, -0.05) is 36.4 Å². The minimum Gasteiger partial charge on any atom is -0.310 e. The minimum absolute atomic E-state index is 0.0577. The fraction of sp³-hybridized carbons (Fsp3) is 0.435. The van der Waals surface area contributed by atoms with Crippen molar-refractivity contribution in [2.75, 3.05) is 26.2 Å². The van der Waals surface area contributed by atoms with Gasteiger partial charge >= 0.3 is 6.03 Å². The highest BCUT2D eigenvalue weighted by atomic mass is 16.2. The Morgan fingerprint density at radius 2 is 1.72 bits per heavy atom. The van der Waals surface area contributed by atoms with Gasteiger partial charge in [0.15, 0.2) is 0 Å². The van der Waals surface area contributed by atoms with Gasteiger partial charge in [-0.2, -0.15) is 0 Å². The number of pyridine rings is 1. The first-order valence-electron chi connectivity index (χ1n) is 10.4. The van der Waals surface area contributed by atoms with Crippen LogP contribution in [0.15, 0.2) is 54.7 Å². The van der Waals surface area contributed by atoms with Gasteiger partial charge < -0.3 is 9.80 Å². The number of nitrogens with zero attached hydrogens (tertiary/aromatic N) is 4. The number of likely N-dealkylation sites (tertiary alicyclic amines) is 1. The molecule has 0 bridgehead atoms. The first-order valence-corrected chi connectivity index (χ1v) is 10.4. The van der Waals surface area contributed by atoms with Crippen LogP contribution in [0.1, 0.15) is 31.0 Å². The van der Waals surface area contributed by atoms with Gasteiger partial charge in [-0.25, -0.2) is 4.79 Å². The van der Waals surface area contributed by atoms with Crippen molar-refractivity contribution in [2.24, 2.45) is 0 Å². The summed E-state index contributed by atoms with van der Waals surface area (Å²) in [6, 6.07) is 15.9. The summed E-state index contributed by atoms with van der Waals surface area (Å²) in [6.07, 6.45) is 4.08. The number of amides is 3. The molecule has 1 aromatic carbocycles. The summed E-state index contributed by atoms with van der Waals surface area (Å²) in [5, 5.41) is 0. The van der Waals surface area contributed by atoms with Crippen molar-refractivity contribution in [3.8, 4) is 0 Å². The lowest BCUT2D eigenvalue weighted by Gasteiger charge is -2.42. The highest BCUT2D eigenvalue weighted by Gasteiger charge is 2.57. The van der Waals surface area contributed by atoms with Crippen LogP contribution in [0.2, 0.25) is 0 Å². The van der Waals surface area contributed by atoms with Gasteiger partial charge in [-0.15, -0.1) is 0 Å². The molecule has 2 aliphatic heterocycles. The number of hydrogen-bond acceptors (Lipinski definition) is 4. The monoisotopic (exact) mass is 392 g/mol. The summed E-state index contributed by atoms with van der Waals surface area (Å²) in [7, 11) is 0. The van der Waals surface area contributed by atoms with Crippen molar-refractivity contribution in [2.45, 2.75) is 38.3 Å². The predicted octanol–water partition coefficient (Wildman–Crippen LogP) is 2.94. The third-order valence-corrected chi connectivity index (χ3v) is 6.23. The summed E-state index contributed by atoms with van der Waals surface area (Å²) >= 11 is 0. The quantitative estimate of drug-likeness (QED) is 0.710. The number of carbonyl (C=O) groups excluding carboxylic acids is 2. The molecule has 4 rings (SSSR count). The maximum absolute atomic E-state index is 13.4. The van der Waals surface area contributed by atoms with Crippen LogP contribution in [-0.4, -0.2) is 63.3 Å². The van der Waals surface area contributed by atoms with Crippen molar-refractivity contribution in [1.29, 1.82) is 0 Å². The van der Waals surface area contributed by atoms with E-state index in [1.165, 1.54) is 10.5 Å². The van der Waals surface area contributed by atoms with E-state index in [1.54, 1.807) is 11.1 Å². The van der Waals surface area contributed by atoms with Crippen LogP contribution >= 0.6 is 0 Å². The molecule has 0 aliphatic carbocycles. The van der Waals surface area contributed by atoms with E-state index in [0.29, 0.717) is 19.4 Å². The van der Waals surface area contributed by atoms with E-state index in [2.05, 4.69) is 34.1 Å². The molecule has 6 nitrogen and oxygen atoms in total. The zero-order valence-corrected chi connectivity index (χ0v) is 17.0. The summed E-state index contributed by atoms with van der Waals surface area (Å²) in [4.78, 5) is 36.3. The molecule has 0 unspecified atom stereocenters. The van der Waals surface area contributed by atoms with Crippen molar-refractivity contribution in [3.05, 3.63) is 66.0 Å². The van der Waals surface area contributed by atoms with Gasteiger partial charge in [0.2, 0.25) is 0 Å². The maximum atomic E-state index is 13.4. The number of piperidine rings is 1. The second-order valence-electron chi connectivity index (χ2n) is 7.85. The summed E-state index contributed by atoms with van der Waals surface area (Å²) in [5.74, 6) is -0.0577. The van der Waals surface area contributed by atoms with E-state index in [9.17, 15) is 9.59 Å². The lowest BCUT2D eigenvalue weighted by atomic mass is 9.85. The van der Waals surface area contributed by atoms with Gasteiger partial charge in [-0.05, 0) is 43.9 Å². The largest absolute Gasteiger partial charge is 0.328 e. The fourth-order valence-corrected chi connectivity index (χ4v) is 4.58. The van der Waals surface area contributed by atoms with Crippen LogP contribution in [0, 0.1) is 0 Å². The maximum Gasteiger partial charge on any atom is 0.328 e. The Bertz CT molecular complexity index is 848. The molecule has 0 radical (unpaired) electrons. The molecular formula is C23H28N4O2. The van der Waals surface area contributed by atoms with Crippen LogP contribution in [-0.2, 0) is 17.8 Å². The molecule has 2 saturated heterocycles. The number of imide groups is 1. The number of carbonyl (C=O) groups is 2. The van der Waals surface area contributed by atoms with Gasteiger partial charge in [-0.3, -0.25) is 14.7 Å². The Labute approximate surface area is 172 Å². The summed E-state index contributed by atoms with van der Waals surface area (Å²) < 4.78 is 0. The molecule has 3 amide bonds. The van der Waals surface area contributed by atoms with E-state index < -0.39 is 5.54 Å². The van der Waals surface area contributed by atoms with Crippen LogP contribution in [0.3, 0.4) is 0 Å². The minimum atomic E-state index is -0.691. The third-order valence-electron chi connectivity index (χ3n) is 6.23. The number of urea groups is 1. The molecule has 2 fully saturated rings. The predicted molar refractivity (Wildman–Crippen MR) is 111 cm³/mol. The average molecular weight is 393 g/mol. The fourth-order valence-electron chi connectivity index (χ4n) is 4.58. The highest BCUT2D eigenvalue weighted by molar-refractivity contribution is 6.07. The van der Waals surface area contributed by atoms with E-state index >= 15 is 0 Å². The zero-order valence-electron chi connectivity index (χ0n) is 17.0. The molecular weight excluding hydrogens is 364 g/mol. The van der Waals surface area contributed by atoms with E-state index in [4.69, 9.17) is 0 Å². The second kappa shape index (κ2) is 8.33. The topological polar surface area (TPSA) is 56.8 Å². The molecule has 0 N–H and O–H groups in total. The van der Waals surface area contributed by atoms with E-state index in [0.717, 1.165) is 31.7 Å². The molecule has 29 heavy (non-hydrogen) atoms. The van der Waals surface area contributed by atoms with Crippen LogP contribution in [0.5, 0.6) is 0 Å². The number of likely N-dealkylation sites (N-methyl/N-ethyl adjacent to an activating group) is 1. The number of benzene rings is 1. The van der Waals surface area contributed by atoms with E-state index in [-0.39, 0.29) is 18.5 Å². The zero-order chi connectivity index (χ0) is 20.3. The lowest BCUT2D eigenvalue weighted by Crippen LogP contribution is -2.56. The molecule has 2 aromatic rings. The Morgan fingerprint density at radius 3 is 2.38 bits per heavy atom. The van der Waals surface area contributed by atoms with Crippen molar-refractivity contribution < 1.29 is 9.59 Å².